The van der Waals surface area contributed by atoms with Crippen LogP contribution in [0, 0.1) is 61.4 Å². The van der Waals surface area contributed by atoms with Crippen molar-refractivity contribution < 1.29 is 57.4 Å². The van der Waals surface area contributed by atoms with Crippen LogP contribution in [0.3, 0.4) is 0 Å². The van der Waals surface area contributed by atoms with Crippen LogP contribution in [0.5, 0.6) is 0 Å². The van der Waals surface area contributed by atoms with Gasteiger partial charge in [0.1, 0.15) is 0 Å². The SMILES string of the molecule is N#[C][Fe-4]([C]#N)([C]#N)([C]#N)([C]#N)[C]#N.[Cu+2].[Na+]. The fourth-order valence-corrected chi connectivity index (χ4v) is 1.09. The second kappa shape index (κ2) is 4.67. The first-order chi connectivity index (χ1) is 5.97. The molecule has 0 aromatic rings. The van der Waals surface area contributed by atoms with Crippen molar-refractivity contribution in [2.75, 3.05) is 0 Å². The van der Waals surface area contributed by atoms with Crippen molar-refractivity contribution in [2.45, 2.75) is 0 Å². The van der Waals surface area contributed by atoms with E-state index in [1.165, 1.54) is 0 Å². The molecule has 0 aromatic carbocycles. The van der Waals surface area contributed by atoms with Crippen LogP contribution in [0.15, 0.2) is 0 Å². The summed E-state index contributed by atoms with van der Waals surface area (Å²) in [5.41, 5.74) is 0. The van der Waals surface area contributed by atoms with Gasteiger partial charge in [-0.1, -0.05) is 0 Å². The molecule has 0 aliphatic carbocycles. The second-order valence-corrected chi connectivity index (χ2v) is 7.42. The number of hydrogen-bond donors (Lipinski definition) is 0. The largest absolute Gasteiger partial charge is 2.00 e. The molecule has 0 heterocycles. The molecule has 0 atom stereocenters. The summed E-state index contributed by atoms with van der Waals surface area (Å²) in [5.74, 6) is 0. The molecule has 0 N–H and O–H groups in total. The van der Waals surface area contributed by atoms with E-state index >= 15 is 0 Å². The quantitative estimate of drug-likeness (QED) is 0.439. The Kier molecular flexibility index (Phi) is 6.08. The number of nitriles is 6. The molecule has 0 saturated heterocycles. The molecular formula is C6CuFeN6Na-. The molecule has 0 aliphatic heterocycles. The topological polar surface area (TPSA) is 143 Å². The van der Waals surface area contributed by atoms with Gasteiger partial charge in [-0.05, 0) is 0 Å². The smallest absolute Gasteiger partial charge is 1.00 e. The minimum Gasteiger partial charge on any atom is 1.00 e. The predicted molar refractivity (Wildman–Crippen MR) is 33.7 cm³/mol. The van der Waals surface area contributed by atoms with Gasteiger partial charge in [0.25, 0.3) is 0 Å². The van der Waals surface area contributed by atoms with E-state index in [0.717, 1.165) is 29.8 Å². The van der Waals surface area contributed by atoms with Gasteiger partial charge in [-0.3, -0.25) is 0 Å². The average molecular weight is 298 g/mol. The van der Waals surface area contributed by atoms with E-state index in [1.54, 1.807) is 0 Å². The molecule has 9 heteroatoms. The fourth-order valence-electron chi connectivity index (χ4n) is 0.265. The van der Waals surface area contributed by atoms with Crippen LogP contribution < -0.4 is 29.6 Å². The van der Waals surface area contributed by atoms with Crippen molar-refractivity contribution in [1.82, 2.24) is 0 Å². The normalized spacial score (nSPS) is 11.6. The third-order valence-corrected chi connectivity index (χ3v) is 4.89. The van der Waals surface area contributed by atoms with Gasteiger partial charge < -0.3 is 0 Å². The molecule has 1 radical (unpaired) electrons. The Bertz CT molecular complexity index is 397. The van der Waals surface area contributed by atoms with E-state index in [2.05, 4.69) is 0 Å². The summed E-state index contributed by atoms with van der Waals surface area (Å²) in [6, 6.07) is 0. The van der Waals surface area contributed by atoms with E-state index < -0.39 is 10.7 Å². The van der Waals surface area contributed by atoms with Crippen LogP contribution in [0.2, 0.25) is 0 Å². The molecule has 75 valence electrons. The maximum absolute atomic E-state index is 8.58. The summed E-state index contributed by atoms with van der Waals surface area (Å²) < 4.78 is 0. The molecular weight excluding hydrogens is 298 g/mol. The Balaban J connectivity index is -0.000000720. The summed E-state index contributed by atoms with van der Waals surface area (Å²) in [5, 5.41) is 51.5. The van der Waals surface area contributed by atoms with Crippen LogP contribution in [0.25, 0.3) is 0 Å². The van der Waals surface area contributed by atoms with E-state index in [1.807, 2.05) is 0 Å². The maximum atomic E-state index is 8.58. The molecule has 0 fully saturated rings. The zero-order valence-electron chi connectivity index (χ0n) is 7.34. The van der Waals surface area contributed by atoms with Crippen molar-refractivity contribution in [3.05, 3.63) is 0 Å². The van der Waals surface area contributed by atoms with Crippen molar-refractivity contribution in [1.29, 1.82) is 31.6 Å². The Morgan fingerprint density at radius 2 is 0.667 bits per heavy atom. The average Bonchev–Trinajstić information content (AvgIpc) is 2.26. The Morgan fingerprint density at radius 3 is 0.667 bits per heavy atom. The van der Waals surface area contributed by atoms with E-state index in [4.69, 9.17) is 31.6 Å². The Labute approximate surface area is 118 Å². The first kappa shape index (κ1) is 19.5. The Hall–Kier alpha value is -1.02. The van der Waals surface area contributed by atoms with Crippen LogP contribution in [-0.4, -0.2) is 0 Å². The van der Waals surface area contributed by atoms with Gasteiger partial charge in [-0.25, -0.2) is 0 Å². The summed E-state index contributed by atoms with van der Waals surface area (Å²) in [6.45, 7) is 0. The van der Waals surface area contributed by atoms with Gasteiger partial charge >= 0.3 is 119 Å². The van der Waals surface area contributed by atoms with Crippen molar-refractivity contribution in [3.63, 3.8) is 0 Å². The van der Waals surface area contributed by atoms with Gasteiger partial charge in [0, 0.05) is 0 Å². The summed E-state index contributed by atoms with van der Waals surface area (Å²) in [6.07, 6.45) is 0. The molecule has 0 aromatic heterocycles. The Morgan fingerprint density at radius 1 is 0.533 bits per heavy atom. The van der Waals surface area contributed by atoms with Crippen LogP contribution in [-0.2, 0) is 27.8 Å². The molecule has 0 bridgehead atoms. The fraction of sp³-hybridized carbons (Fsp3) is 0. The van der Waals surface area contributed by atoms with Crippen LogP contribution in [0.4, 0.5) is 0 Å². The molecule has 15 heavy (non-hydrogen) atoms. The van der Waals surface area contributed by atoms with Crippen molar-refractivity contribution in [3.8, 4) is 29.8 Å². The first-order valence-electron chi connectivity index (χ1n) is 2.40. The third kappa shape index (κ3) is 1.86. The van der Waals surface area contributed by atoms with Gasteiger partial charge in [0.15, 0.2) is 0 Å². The molecule has 6 nitrogen and oxygen atoms in total. The first-order valence-corrected chi connectivity index (χ1v) is 5.71. The monoisotopic (exact) mass is 298 g/mol. The van der Waals surface area contributed by atoms with E-state index in [0.29, 0.717) is 0 Å². The van der Waals surface area contributed by atoms with E-state index in [-0.39, 0.29) is 46.6 Å². The minimum atomic E-state index is -6.17. The zero-order valence-corrected chi connectivity index (χ0v) is 11.4. The standard InChI is InChI=1S/6CN.Cu.Fe.Na/c6*1-2;;;/q;;;;;;+2;-4;+1. The second-order valence-electron chi connectivity index (χ2n) is 1.80. The molecule has 0 aliphatic rings. The van der Waals surface area contributed by atoms with Crippen LogP contribution >= 0.6 is 0 Å². The predicted octanol–water partition coefficient (Wildman–Crippen LogP) is -2.90. The van der Waals surface area contributed by atoms with Gasteiger partial charge in [-0.2, -0.15) is 0 Å². The summed E-state index contributed by atoms with van der Waals surface area (Å²) in [7, 11) is -6.17. The number of hydrogen-bond acceptors (Lipinski definition) is 6. The van der Waals surface area contributed by atoms with Gasteiger partial charge in [0.2, 0.25) is 0 Å². The number of nitrogens with zero attached hydrogens (tertiary/aromatic N) is 6. The zero-order chi connectivity index (χ0) is 10.7. The number of rotatable bonds is 0. The maximum Gasteiger partial charge on any atom is 2.00 e. The summed E-state index contributed by atoms with van der Waals surface area (Å²) in [4.78, 5) is 6.19. The third-order valence-electron chi connectivity index (χ3n) is 1.19. The molecule has 0 saturated carbocycles. The molecule has 0 rings (SSSR count). The molecule has 0 spiro atoms. The van der Waals surface area contributed by atoms with Crippen molar-refractivity contribution in [2.24, 2.45) is 0 Å². The summed E-state index contributed by atoms with van der Waals surface area (Å²) >= 11 is 0. The van der Waals surface area contributed by atoms with Crippen molar-refractivity contribution >= 4 is 0 Å². The van der Waals surface area contributed by atoms with Gasteiger partial charge in [0.05, 0.1) is 0 Å². The molecule has 0 unspecified atom stereocenters. The molecule has 0 amide bonds. The van der Waals surface area contributed by atoms with E-state index in [9.17, 15) is 0 Å². The van der Waals surface area contributed by atoms with Crippen LogP contribution in [0.1, 0.15) is 0 Å². The minimum absolute atomic E-state index is 0. The van der Waals surface area contributed by atoms with Gasteiger partial charge in [-0.15, -0.1) is 0 Å².